The molecule has 1 N–H and O–H groups in total. The first-order valence-corrected chi connectivity index (χ1v) is 12.0. The van der Waals surface area contributed by atoms with Gasteiger partial charge in [0.15, 0.2) is 5.82 Å². The monoisotopic (exact) mass is 465 g/mol. The van der Waals surface area contributed by atoms with Gasteiger partial charge >= 0.3 is 0 Å². The maximum atomic E-state index is 13.2. The van der Waals surface area contributed by atoms with Crippen LogP contribution in [0.1, 0.15) is 16.7 Å². The summed E-state index contributed by atoms with van der Waals surface area (Å²) >= 11 is 1.40. The number of aromatic nitrogens is 2. The molecule has 1 amide bonds. The third kappa shape index (κ3) is 5.63. The lowest BCUT2D eigenvalue weighted by atomic mass is 10.1. The van der Waals surface area contributed by atoms with Crippen molar-refractivity contribution in [2.75, 3.05) is 47.0 Å². The van der Waals surface area contributed by atoms with Crippen LogP contribution in [-0.4, -0.2) is 47.8 Å². The van der Waals surface area contributed by atoms with Crippen LogP contribution in [0.15, 0.2) is 53.8 Å². The number of nitrogens with one attached hydrogen (secondary N) is 1. The van der Waals surface area contributed by atoms with Crippen molar-refractivity contribution >= 4 is 34.9 Å². The Morgan fingerprint density at radius 3 is 2.24 bits per heavy atom. The van der Waals surface area contributed by atoms with Crippen molar-refractivity contribution < 1.29 is 9.18 Å². The number of rotatable bonds is 6. The zero-order chi connectivity index (χ0) is 23.4. The second-order valence-electron chi connectivity index (χ2n) is 8.25. The van der Waals surface area contributed by atoms with E-state index in [1.165, 1.54) is 29.5 Å². The molecule has 8 heteroatoms. The summed E-state index contributed by atoms with van der Waals surface area (Å²) in [5.74, 6) is 0.772. The van der Waals surface area contributed by atoms with Crippen molar-refractivity contribution in [3.05, 3.63) is 71.3 Å². The number of nitrogens with zero attached hydrogens (tertiary/aromatic N) is 4. The van der Waals surface area contributed by atoms with Gasteiger partial charge in [-0.3, -0.25) is 4.79 Å². The molecule has 2 heterocycles. The average molecular weight is 466 g/mol. The molecule has 6 nitrogen and oxygen atoms in total. The third-order valence-electron chi connectivity index (χ3n) is 5.70. The summed E-state index contributed by atoms with van der Waals surface area (Å²) in [4.78, 5) is 26.1. The predicted molar refractivity (Wildman–Crippen MR) is 133 cm³/mol. The van der Waals surface area contributed by atoms with Crippen molar-refractivity contribution in [3.63, 3.8) is 0 Å². The normalized spacial score (nSPS) is 13.8. The number of benzene rings is 2. The van der Waals surface area contributed by atoms with Crippen LogP contribution in [-0.2, 0) is 4.79 Å². The molecule has 1 aliphatic rings. The second-order valence-corrected chi connectivity index (χ2v) is 9.21. The molecule has 0 unspecified atom stereocenters. The molecular formula is C25H28FN5OS. The first-order chi connectivity index (χ1) is 15.9. The molecule has 3 aromatic rings. The van der Waals surface area contributed by atoms with E-state index in [1.54, 1.807) is 12.4 Å². The maximum absolute atomic E-state index is 13.2. The lowest BCUT2D eigenvalue weighted by Crippen LogP contribution is -2.47. The zero-order valence-electron chi connectivity index (χ0n) is 19.1. The molecule has 1 aliphatic heterocycles. The molecule has 0 bridgehead atoms. The van der Waals surface area contributed by atoms with Crippen LogP contribution in [0.3, 0.4) is 0 Å². The van der Waals surface area contributed by atoms with E-state index in [2.05, 4.69) is 44.1 Å². The van der Waals surface area contributed by atoms with Crippen molar-refractivity contribution in [1.29, 1.82) is 0 Å². The molecule has 0 radical (unpaired) electrons. The van der Waals surface area contributed by atoms with Gasteiger partial charge in [0, 0.05) is 49.9 Å². The molecule has 33 heavy (non-hydrogen) atoms. The number of aryl methyl sites for hydroxylation is 3. The standard InChI is InChI=1S/C25H28FN5OS/c1-17-14-18(2)23(19(3)15-17)29-22(32)16-33-25-24(27-8-9-28-25)31-12-10-30(11-13-31)21-6-4-20(26)5-7-21/h4-9,14-15H,10-13,16H2,1-3H3,(H,29,32). The Morgan fingerprint density at radius 1 is 0.970 bits per heavy atom. The van der Waals surface area contributed by atoms with Crippen LogP contribution in [0.25, 0.3) is 0 Å². The highest BCUT2D eigenvalue weighted by molar-refractivity contribution is 8.00. The zero-order valence-corrected chi connectivity index (χ0v) is 20.0. The second kappa shape index (κ2) is 10.2. The summed E-state index contributed by atoms with van der Waals surface area (Å²) in [5, 5.41) is 3.80. The number of halogens is 1. The van der Waals surface area contributed by atoms with Crippen molar-refractivity contribution in [2.24, 2.45) is 0 Å². The summed E-state index contributed by atoms with van der Waals surface area (Å²) in [5.41, 5.74) is 5.20. The van der Waals surface area contributed by atoms with E-state index in [9.17, 15) is 9.18 Å². The van der Waals surface area contributed by atoms with Gasteiger partial charge in [-0.2, -0.15) is 0 Å². The Kier molecular flexibility index (Phi) is 7.13. The van der Waals surface area contributed by atoms with E-state index in [4.69, 9.17) is 0 Å². The summed E-state index contributed by atoms with van der Waals surface area (Å²) in [6.07, 6.45) is 3.34. The van der Waals surface area contributed by atoms with Gasteiger partial charge in [-0.15, -0.1) is 0 Å². The number of anilines is 3. The maximum Gasteiger partial charge on any atom is 0.234 e. The van der Waals surface area contributed by atoms with Gasteiger partial charge in [0.05, 0.1) is 5.75 Å². The Hall–Kier alpha value is -3.13. The van der Waals surface area contributed by atoms with E-state index >= 15 is 0 Å². The average Bonchev–Trinajstić information content (AvgIpc) is 2.81. The Labute approximate surface area is 198 Å². The van der Waals surface area contributed by atoms with Gasteiger partial charge < -0.3 is 15.1 Å². The molecule has 2 aromatic carbocycles. The van der Waals surface area contributed by atoms with E-state index in [1.807, 2.05) is 26.0 Å². The number of carbonyl (C=O) groups is 1. The summed E-state index contributed by atoms with van der Waals surface area (Å²) in [7, 11) is 0. The highest BCUT2D eigenvalue weighted by Gasteiger charge is 2.22. The molecule has 0 saturated carbocycles. The molecule has 1 aromatic heterocycles. The van der Waals surface area contributed by atoms with Gasteiger partial charge in [0.25, 0.3) is 0 Å². The van der Waals surface area contributed by atoms with Gasteiger partial charge in [-0.1, -0.05) is 29.5 Å². The summed E-state index contributed by atoms with van der Waals surface area (Å²) in [6.45, 7) is 9.23. The van der Waals surface area contributed by atoms with Crippen molar-refractivity contribution in [3.8, 4) is 0 Å². The Morgan fingerprint density at radius 2 is 1.58 bits per heavy atom. The molecular weight excluding hydrogens is 437 g/mol. The minimum absolute atomic E-state index is 0.0622. The Bertz CT molecular complexity index is 1110. The highest BCUT2D eigenvalue weighted by Crippen LogP contribution is 2.28. The summed E-state index contributed by atoms with van der Waals surface area (Å²) in [6, 6.07) is 10.7. The molecule has 1 fully saturated rings. The SMILES string of the molecule is Cc1cc(C)c(NC(=O)CSc2nccnc2N2CCN(c3ccc(F)cc3)CC2)c(C)c1. The first-order valence-electron chi connectivity index (χ1n) is 11.0. The number of hydrogen-bond donors (Lipinski definition) is 1. The molecule has 1 saturated heterocycles. The largest absolute Gasteiger partial charge is 0.368 e. The number of piperazine rings is 1. The van der Waals surface area contributed by atoms with E-state index in [0.717, 1.165) is 59.5 Å². The van der Waals surface area contributed by atoms with Gasteiger partial charge in [-0.05, 0) is 56.2 Å². The molecule has 4 rings (SSSR count). The fourth-order valence-corrected chi connectivity index (χ4v) is 4.94. The van der Waals surface area contributed by atoms with Gasteiger partial charge in [0.2, 0.25) is 5.91 Å². The fourth-order valence-electron chi connectivity index (χ4n) is 4.15. The van der Waals surface area contributed by atoms with Crippen LogP contribution >= 0.6 is 11.8 Å². The smallest absolute Gasteiger partial charge is 0.234 e. The quantitative estimate of drug-likeness (QED) is 0.537. The van der Waals surface area contributed by atoms with Crippen LogP contribution in [0.5, 0.6) is 0 Å². The summed E-state index contributed by atoms with van der Waals surface area (Å²) < 4.78 is 13.2. The van der Waals surface area contributed by atoms with E-state index in [-0.39, 0.29) is 17.5 Å². The minimum atomic E-state index is -0.227. The van der Waals surface area contributed by atoms with Crippen molar-refractivity contribution in [2.45, 2.75) is 25.8 Å². The number of thioether (sulfide) groups is 1. The lowest BCUT2D eigenvalue weighted by Gasteiger charge is -2.37. The van der Waals surface area contributed by atoms with Crippen LogP contribution < -0.4 is 15.1 Å². The third-order valence-corrected chi connectivity index (χ3v) is 6.67. The van der Waals surface area contributed by atoms with Crippen molar-refractivity contribution in [1.82, 2.24) is 9.97 Å². The topological polar surface area (TPSA) is 61.4 Å². The molecule has 0 atom stereocenters. The molecule has 0 aliphatic carbocycles. The van der Waals surface area contributed by atoms with Gasteiger partial charge in [-0.25, -0.2) is 14.4 Å². The van der Waals surface area contributed by atoms with Crippen LogP contribution in [0, 0.1) is 26.6 Å². The minimum Gasteiger partial charge on any atom is -0.368 e. The van der Waals surface area contributed by atoms with Crippen LogP contribution in [0.2, 0.25) is 0 Å². The number of amides is 1. The fraction of sp³-hybridized carbons (Fsp3) is 0.320. The van der Waals surface area contributed by atoms with Gasteiger partial charge in [0.1, 0.15) is 10.8 Å². The van der Waals surface area contributed by atoms with Crippen LogP contribution in [0.4, 0.5) is 21.6 Å². The predicted octanol–water partition coefficient (Wildman–Crippen LogP) is 4.60. The highest BCUT2D eigenvalue weighted by atomic mass is 32.2. The number of hydrogen-bond acceptors (Lipinski definition) is 6. The van der Waals surface area contributed by atoms with E-state index < -0.39 is 0 Å². The molecule has 172 valence electrons. The lowest BCUT2D eigenvalue weighted by molar-refractivity contribution is -0.113. The molecule has 0 spiro atoms. The Balaban J connectivity index is 1.37. The first kappa shape index (κ1) is 23.0. The number of carbonyl (C=O) groups excluding carboxylic acids is 1. The van der Waals surface area contributed by atoms with E-state index in [0.29, 0.717) is 0 Å².